The number of rotatable bonds is 5. The van der Waals surface area contributed by atoms with Crippen molar-refractivity contribution < 1.29 is 13.2 Å². The maximum Gasteiger partial charge on any atom is 0.259 e. The van der Waals surface area contributed by atoms with Gasteiger partial charge in [-0.25, -0.2) is 22.7 Å². The summed E-state index contributed by atoms with van der Waals surface area (Å²) in [4.78, 5) is 21.5. The number of carbonyl (C=O) groups excluding carboxylic acids is 1. The predicted molar refractivity (Wildman–Crippen MR) is 116 cm³/mol. The van der Waals surface area contributed by atoms with Gasteiger partial charge < -0.3 is 5.32 Å². The van der Waals surface area contributed by atoms with Crippen LogP contribution in [0, 0.1) is 6.92 Å². The minimum Gasteiger partial charge on any atom is -0.322 e. The number of anilines is 1. The molecule has 1 N–H and O–H groups in total. The topological polar surface area (TPSA) is 92.3 Å². The Morgan fingerprint density at radius 2 is 1.87 bits per heavy atom. The quantitative estimate of drug-likeness (QED) is 0.751. The van der Waals surface area contributed by atoms with Gasteiger partial charge in [0.15, 0.2) is 0 Å². The molecule has 1 saturated carbocycles. The van der Waals surface area contributed by atoms with Gasteiger partial charge in [-0.2, -0.15) is 0 Å². The number of nitrogens with zero attached hydrogens (tertiary/aromatic N) is 3. The second kappa shape index (κ2) is 8.61. The molecule has 2 aromatic rings. The molecule has 2 fully saturated rings. The summed E-state index contributed by atoms with van der Waals surface area (Å²) in [5.41, 5.74) is 1.60. The van der Waals surface area contributed by atoms with Crippen LogP contribution in [0.15, 0.2) is 30.5 Å². The maximum absolute atomic E-state index is 12.8. The second-order valence-corrected chi connectivity index (χ2v) is 10.6. The van der Waals surface area contributed by atoms with E-state index in [9.17, 15) is 13.2 Å². The van der Waals surface area contributed by atoms with E-state index in [4.69, 9.17) is 11.6 Å². The fourth-order valence-electron chi connectivity index (χ4n) is 4.20. The Morgan fingerprint density at radius 3 is 2.53 bits per heavy atom. The first-order chi connectivity index (χ1) is 14.3. The molecule has 2 aliphatic rings. The number of sulfonamides is 1. The average molecular weight is 449 g/mol. The molecule has 1 amide bonds. The van der Waals surface area contributed by atoms with Crippen LogP contribution in [0.25, 0.3) is 0 Å². The minimum absolute atomic E-state index is 0.0479. The highest BCUT2D eigenvalue weighted by Gasteiger charge is 2.39. The van der Waals surface area contributed by atoms with E-state index in [1.54, 1.807) is 35.5 Å². The lowest BCUT2D eigenvalue weighted by Gasteiger charge is -2.21. The van der Waals surface area contributed by atoms with Gasteiger partial charge in [0.2, 0.25) is 10.0 Å². The molecule has 4 rings (SSSR count). The van der Waals surface area contributed by atoms with Crippen molar-refractivity contribution in [2.75, 3.05) is 18.4 Å². The summed E-state index contributed by atoms with van der Waals surface area (Å²) in [6, 6.07) is 6.86. The fourth-order valence-corrected chi connectivity index (χ4v) is 6.43. The zero-order valence-corrected chi connectivity index (χ0v) is 18.4. The normalized spacial score (nSPS) is 20.5. The Morgan fingerprint density at radius 1 is 1.17 bits per heavy atom. The number of carbonyl (C=O) groups is 1. The molecule has 160 valence electrons. The van der Waals surface area contributed by atoms with E-state index in [0.717, 1.165) is 25.7 Å². The standard InChI is InChI=1S/C21H25ClN4O3S/c1-14-19(21(27)25-17-8-6-16(22)7-9-17)12-23-20(24-14)15-10-11-26(13-15)30(28,29)18-4-2-3-5-18/h6-9,12,15,18H,2-5,10-11,13H2,1H3,(H,25,27)/t15-/m0/s1. The van der Waals surface area contributed by atoms with Crippen molar-refractivity contribution in [2.24, 2.45) is 0 Å². The predicted octanol–water partition coefficient (Wildman–Crippen LogP) is 3.75. The van der Waals surface area contributed by atoms with Gasteiger partial charge in [0.05, 0.1) is 16.5 Å². The highest BCUT2D eigenvalue weighted by Crippen LogP contribution is 2.33. The molecule has 0 bridgehead atoms. The second-order valence-electron chi connectivity index (χ2n) is 7.98. The average Bonchev–Trinajstić information content (AvgIpc) is 3.42. The number of aromatic nitrogens is 2. The van der Waals surface area contributed by atoms with Crippen LogP contribution in [-0.2, 0) is 10.0 Å². The Labute approximate surface area is 181 Å². The smallest absolute Gasteiger partial charge is 0.259 e. The van der Waals surface area contributed by atoms with E-state index < -0.39 is 10.0 Å². The van der Waals surface area contributed by atoms with Gasteiger partial charge in [-0.05, 0) is 50.5 Å². The number of aryl methyl sites for hydroxylation is 1. The van der Waals surface area contributed by atoms with Gasteiger partial charge in [0.25, 0.3) is 5.91 Å². The lowest BCUT2D eigenvalue weighted by atomic mass is 10.1. The van der Waals surface area contributed by atoms with E-state index in [1.165, 1.54) is 6.20 Å². The number of nitrogens with one attached hydrogen (secondary N) is 1. The molecule has 1 aliphatic carbocycles. The SMILES string of the molecule is Cc1nc([C@H]2CCN(S(=O)(=O)C3CCCC3)C2)ncc1C(=O)Nc1ccc(Cl)cc1. The molecule has 1 aromatic heterocycles. The van der Waals surface area contributed by atoms with E-state index in [1.807, 2.05) is 0 Å². The lowest BCUT2D eigenvalue weighted by Crippen LogP contribution is -2.36. The summed E-state index contributed by atoms with van der Waals surface area (Å²) >= 11 is 5.87. The third-order valence-electron chi connectivity index (χ3n) is 5.94. The number of hydrogen-bond donors (Lipinski definition) is 1. The number of halogens is 1. The van der Waals surface area contributed by atoms with Gasteiger partial charge in [-0.1, -0.05) is 24.4 Å². The first-order valence-corrected chi connectivity index (χ1v) is 12.1. The molecule has 1 atom stereocenters. The van der Waals surface area contributed by atoms with Crippen molar-refractivity contribution in [1.29, 1.82) is 0 Å². The van der Waals surface area contributed by atoms with Crippen LogP contribution in [0.5, 0.6) is 0 Å². The molecule has 1 aliphatic heterocycles. The van der Waals surface area contributed by atoms with Crippen molar-refractivity contribution in [3.63, 3.8) is 0 Å². The molecule has 30 heavy (non-hydrogen) atoms. The number of amides is 1. The first-order valence-electron chi connectivity index (χ1n) is 10.2. The van der Waals surface area contributed by atoms with Gasteiger partial charge in [0, 0.05) is 35.9 Å². The highest BCUT2D eigenvalue weighted by molar-refractivity contribution is 7.89. The molecule has 1 aromatic carbocycles. The van der Waals surface area contributed by atoms with Gasteiger partial charge >= 0.3 is 0 Å². The van der Waals surface area contributed by atoms with E-state index in [2.05, 4.69) is 15.3 Å². The molecule has 2 heterocycles. The summed E-state index contributed by atoms with van der Waals surface area (Å²) in [5, 5.41) is 3.17. The molecule has 7 nitrogen and oxygen atoms in total. The molecule has 0 radical (unpaired) electrons. The van der Waals surface area contributed by atoms with Crippen LogP contribution in [-0.4, -0.2) is 46.9 Å². The van der Waals surface area contributed by atoms with Crippen LogP contribution in [0.4, 0.5) is 5.69 Å². The van der Waals surface area contributed by atoms with Crippen molar-refractivity contribution in [3.8, 4) is 0 Å². The molecular weight excluding hydrogens is 424 g/mol. The maximum atomic E-state index is 12.8. The van der Waals surface area contributed by atoms with E-state index in [-0.39, 0.29) is 17.1 Å². The molecule has 9 heteroatoms. The number of hydrogen-bond acceptors (Lipinski definition) is 5. The summed E-state index contributed by atoms with van der Waals surface area (Å²) in [6.45, 7) is 2.68. The molecule has 1 saturated heterocycles. The highest BCUT2D eigenvalue weighted by atomic mass is 35.5. The zero-order chi connectivity index (χ0) is 21.3. The Hall–Kier alpha value is -2.03. The molecule has 0 spiro atoms. The lowest BCUT2D eigenvalue weighted by molar-refractivity contribution is 0.102. The Balaban J connectivity index is 1.44. The Bertz CT molecular complexity index is 1040. The van der Waals surface area contributed by atoms with Gasteiger partial charge in [-0.3, -0.25) is 4.79 Å². The first kappa shape index (κ1) is 21.2. The van der Waals surface area contributed by atoms with E-state index >= 15 is 0 Å². The van der Waals surface area contributed by atoms with Crippen LogP contribution >= 0.6 is 11.6 Å². The summed E-state index contributed by atoms with van der Waals surface area (Å²) in [5.74, 6) is 0.256. The Kier molecular flexibility index (Phi) is 6.09. The monoisotopic (exact) mass is 448 g/mol. The van der Waals surface area contributed by atoms with Crippen molar-refractivity contribution in [3.05, 3.63) is 52.6 Å². The van der Waals surface area contributed by atoms with Gasteiger partial charge in [-0.15, -0.1) is 0 Å². The van der Waals surface area contributed by atoms with E-state index in [0.29, 0.717) is 47.3 Å². The summed E-state index contributed by atoms with van der Waals surface area (Å²) in [7, 11) is -3.24. The zero-order valence-electron chi connectivity index (χ0n) is 16.8. The molecule has 0 unspecified atom stereocenters. The molecular formula is C21H25ClN4O3S. The van der Waals surface area contributed by atoms with Crippen molar-refractivity contribution in [1.82, 2.24) is 14.3 Å². The van der Waals surface area contributed by atoms with Crippen molar-refractivity contribution >= 4 is 33.2 Å². The summed E-state index contributed by atoms with van der Waals surface area (Å²) < 4.78 is 27.3. The van der Waals surface area contributed by atoms with Crippen LogP contribution in [0.3, 0.4) is 0 Å². The number of benzene rings is 1. The van der Waals surface area contributed by atoms with Crippen molar-refractivity contribution in [2.45, 2.75) is 50.2 Å². The minimum atomic E-state index is -3.24. The fraction of sp³-hybridized carbons (Fsp3) is 0.476. The van der Waals surface area contributed by atoms with Crippen LogP contribution in [0.2, 0.25) is 5.02 Å². The largest absolute Gasteiger partial charge is 0.322 e. The third kappa shape index (κ3) is 4.36. The van der Waals surface area contributed by atoms with Crippen LogP contribution in [0.1, 0.15) is 59.9 Å². The summed E-state index contributed by atoms with van der Waals surface area (Å²) in [6.07, 6.45) is 5.72. The van der Waals surface area contributed by atoms with Crippen LogP contribution < -0.4 is 5.32 Å². The third-order valence-corrected chi connectivity index (χ3v) is 8.56. The van der Waals surface area contributed by atoms with Gasteiger partial charge in [0.1, 0.15) is 5.82 Å².